The van der Waals surface area contributed by atoms with Crippen LogP contribution in [0.4, 0.5) is 4.39 Å². The van der Waals surface area contributed by atoms with Crippen LogP contribution in [0, 0.1) is 5.95 Å². The molecule has 0 atom stereocenters. The van der Waals surface area contributed by atoms with Gasteiger partial charge in [-0.15, -0.1) is 0 Å². The van der Waals surface area contributed by atoms with Crippen molar-refractivity contribution >= 4 is 26.8 Å². The molecule has 0 spiro atoms. The zero-order valence-electron chi connectivity index (χ0n) is 6.09. The molecule has 2 rings (SSSR count). The Kier molecular flexibility index (Phi) is 1.81. The molecule has 3 heteroatoms. The van der Waals surface area contributed by atoms with Crippen LogP contribution in [0.25, 0.3) is 10.9 Å². The molecule has 12 heavy (non-hydrogen) atoms. The summed E-state index contributed by atoms with van der Waals surface area (Å²) in [5.41, 5.74) is 0.664. The van der Waals surface area contributed by atoms with E-state index >= 15 is 0 Å². The molecule has 0 saturated carbocycles. The van der Waals surface area contributed by atoms with Gasteiger partial charge in [-0.3, -0.25) is 0 Å². The summed E-state index contributed by atoms with van der Waals surface area (Å²) in [4.78, 5) is 3.76. The normalized spacial score (nSPS) is 10.5. The van der Waals surface area contributed by atoms with Gasteiger partial charge in [-0.05, 0) is 34.1 Å². The Morgan fingerprint density at radius 2 is 2.00 bits per heavy atom. The number of hydrogen-bond donors (Lipinski definition) is 0. The van der Waals surface area contributed by atoms with E-state index in [4.69, 9.17) is 0 Å². The standard InChI is InChI=1S/C9H5BrFN/c10-7-3-1-2-6-4-5-8(11)12-9(6)7/h1-5H. The molecule has 0 aliphatic carbocycles. The van der Waals surface area contributed by atoms with Gasteiger partial charge in [-0.1, -0.05) is 12.1 Å². The molecular formula is C9H5BrFN. The first-order valence-electron chi connectivity index (χ1n) is 3.48. The van der Waals surface area contributed by atoms with Crippen LogP contribution in [0.2, 0.25) is 0 Å². The lowest BCUT2D eigenvalue weighted by atomic mass is 10.2. The van der Waals surface area contributed by atoms with Crippen LogP contribution in [0.3, 0.4) is 0 Å². The van der Waals surface area contributed by atoms with E-state index in [0.29, 0.717) is 5.52 Å². The molecule has 0 saturated heterocycles. The van der Waals surface area contributed by atoms with E-state index < -0.39 is 5.95 Å². The van der Waals surface area contributed by atoms with Crippen molar-refractivity contribution in [2.24, 2.45) is 0 Å². The SMILES string of the molecule is Fc1ccc2cccc(Br)c2n1. The highest BCUT2D eigenvalue weighted by Crippen LogP contribution is 2.21. The van der Waals surface area contributed by atoms with E-state index in [0.717, 1.165) is 9.86 Å². The fraction of sp³-hybridized carbons (Fsp3) is 0. The van der Waals surface area contributed by atoms with Crippen LogP contribution < -0.4 is 0 Å². The van der Waals surface area contributed by atoms with Gasteiger partial charge in [0.2, 0.25) is 5.95 Å². The lowest BCUT2D eigenvalue weighted by molar-refractivity contribution is 0.589. The van der Waals surface area contributed by atoms with Gasteiger partial charge in [-0.2, -0.15) is 4.39 Å². The van der Waals surface area contributed by atoms with Crippen molar-refractivity contribution in [2.45, 2.75) is 0 Å². The molecule has 0 radical (unpaired) electrons. The van der Waals surface area contributed by atoms with Crippen molar-refractivity contribution in [1.82, 2.24) is 4.98 Å². The Morgan fingerprint density at radius 1 is 1.17 bits per heavy atom. The second-order valence-corrected chi connectivity index (χ2v) is 3.30. The van der Waals surface area contributed by atoms with Crippen molar-refractivity contribution in [1.29, 1.82) is 0 Å². The number of nitrogens with zero attached hydrogens (tertiary/aromatic N) is 1. The quantitative estimate of drug-likeness (QED) is 0.629. The van der Waals surface area contributed by atoms with Crippen LogP contribution in [-0.2, 0) is 0 Å². The van der Waals surface area contributed by atoms with Gasteiger partial charge in [0.15, 0.2) is 0 Å². The number of hydrogen-bond acceptors (Lipinski definition) is 1. The summed E-state index contributed by atoms with van der Waals surface area (Å²) in [6.07, 6.45) is 0. The maximum absolute atomic E-state index is 12.7. The van der Waals surface area contributed by atoms with Crippen LogP contribution in [-0.4, -0.2) is 4.98 Å². The van der Waals surface area contributed by atoms with E-state index in [1.807, 2.05) is 18.2 Å². The highest BCUT2D eigenvalue weighted by molar-refractivity contribution is 9.10. The molecule has 0 fully saturated rings. The van der Waals surface area contributed by atoms with E-state index in [2.05, 4.69) is 20.9 Å². The molecule has 0 aliphatic rings. The Hall–Kier alpha value is -0.960. The van der Waals surface area contributed by atoms with Gasteiger partial charge in [-0.25, -0.2) is 4.98 Å². The largest absolute Gasteiger partial charge is 0.219 e. The van der Waals surface area contributed by atoms with Gasteiger partial charge < -0.3 is 0 Å². The molecule has 0 bridgehead atoms. The summed E-state index contributed by atoms with van der Waals surface area (Å²) in [5, 5.41) is 0.936. The molecule has 60 valence electrons. The number of fused-ring (bicyclic) bond motifs is 1. The second-order valence-electron chi connectivity index (χ2n) is 2.45. The molecule has 0 amide bonds. The smallest absolute Gasteiger partial charge is 0.213 e. The maximum atomic E-state index is 12.7. The van der Waals surface area contributed by atoms with E-state index in [9.17, 15) is 4.39 Å². The summed E-state index contributed by atoms with van der Waals surface area (Å²) in [6, 6.07) is 8.70. The van der Waals surface area contributed by atoms with Gasteiger partial charge in [0.05, 0.1) is 5.52 Å². The zero-order valence-corrected chi connectivity index (χ0v) is 7.68. The number of rotatable bonds is 0. The highest BCUT2D eigenvalue weighted by atomic mass is 79.9. The van der Waals surface area contributed by atoms with Crippen molar-refractivity contribution < 1.29 is 4.39 Å². The van der Waals surface area contributed by atoms with Crippen molar-refractivity contribution in [3.8, 4) is 0 Å². The number of pyridine rings is 1. The van der Waals surface area contributed by atoms with Crippen LogP contribution >= 0.6 is 15.9 Å². The average Bonchev–Trinajstić information content (AvgIpc) is 2.07. The lowest BCUT2D eigenvalue weighted by Crippen LogP contribution is -1.83. The monoisotopic (exact) mass is 225 g/mol. The Balaban J connectivity index is 2.88. The molecular weight excluding hydrogens is 221 g/mol. The van der Waals surface area contributed by atoms with E-state index in [-0.39, 0.29) is 0 Å². The number of aromatic nitrogens is 1. The van der Waals surface area contributed by atoms with Crippen LogP contribution in [0.1, 0.15) is 0 Å². The Bertz CT molecular complexity index is 428. The maximum Gasteiger partial charge on any atom is 0.213 e. The van der Waals surface area contributed by atoms with Crippen LogP contribution in [0.5, 0.6) is 0 Å². The highest BCUT2D eigenvalue weighted by Gasteiger charge is 1.99. The predicted molar refractivity (Wildman–Crippen MR) is 49.4 cm³/mol. The third-order valence-electron chi connectivity index (χ3n) is 1.64. The first kappa shape index (κ1) is 7.68. The summed E-state index contributed by atoms with van der Waals surface area (Å²) in [5.74, 6) is -0.450. The number of halogens is 2. The predicted octanol–water partition coefficient (Wildman–Crippen LogP) is 3.14. The topological polar surface area (TPSA) is 12.9 Å². The summed E-state index contributed by atoms with van der Waals surface area (Å²) < 4.78 is 13.5. The first-order chi connectivity index (χ1) is 5.77. The summed E-state index contributed by atoms with van der Waals surface area (Å²) >= 11 is 3.30. The van der Waals surface area contributed by atoms with Crippen LogP contribution in [0.15, 0.2) is 34.8 Å². The van der Waals surface area contributed by atoms with Crippen molar-refractivity contribution in [3.05, 3.63) is 40.8 Å². The Morgan fingerprint density at radius 3 is 2.83 bits per heavy atom. The minimum atomic E-state index is -0.450. The van der Waals surface area contributed by atoms with Gasteiger partial charge >= 0.3 is 0 Å². The van der Waals surface area contributed by atoms with E-state index in [1.165, 1.54) is 6.07 Å². The van der Waals surface area contributed by atoms with Crippen molar-refractivity contribution in [3.63, 3.8) is 0 Å². The molecule has 2 aromatic rings. The fourth-order valence-corrected chi connectivity index (χ4v) is 1.56. The fourth-order valence-electron chi connectivity index (χ4n) is 1.09. The number of para-hydroxylation sites is 1. The molecule has 1 aromatic carbocycles. The summed E-state index contributed by atoms with van der Waals surface area (Å²) in [7, 11) is 0. The third kappa shape index (κ3) is 1.20. The molecule has 0 N–H and O–H groups in total. The first-order valence-corrected chi connectivity index (χ1v) is 4.27. The molecule has 1 nitrogen and oxygen atoms in total. The summed E-state index contributed by atoms with van der Waals surface area (Å²) in [6.45, 7) is 0. The zero-order chi connectivity index (χ0) is 8.55. The van der Waals surface area contributed by atoms with E-state index in [1.54, 1.807) is 6.07 Å². The van der Waals surface area contributed by atoms with Gasteiger partial charge in [0.1, 0.15) is 0 Å². The Labute approximate surface area is 77.4 Å². The minimum absolute atomic E-state index is 0.450. The molecule has 1 aromatic heterocycles. The molecule has 0 unspecified atom stereocenters. The minimum Gasteiger partial charge on any atom is -0.219 e. The second kappa shape index (κ2) is 2.83. The molecule has 1 heterocycles. The third-order valence-corrected chi connectivity index (χ3v) is 2.28. The van der Waals surface area contributed by atoms with Gasteiger partial charge in [0.25, 0.3) is 0 Å². The number of benzene rings is 1. The van der Waals surface area contributed by atoms with Gasteiger partial charge in [0, 0.05) is 9.86 Å². The lowest BCUT2D eigenvalue weighted by Gasteiger charge is -1.97. The van der Waals surface area contributed by atoms with Crippen molar-refractivity contribution in [2.75, 3.05) is 0 Å². The molecule has 0 aliphatic heterocycles. The average molecular weight is 226 g/mol.